The summed E-state index contributed by atoms with van der Waals surface area (Å²) in [7, 11) is 0. The Morgan fingerprint density at radius 3 is 2.79 bits per heavy atom. The lowest BCUT2D eigenvalue weighted by atomic mass is 10.2. The van der Waals surface area contributed by atoms with Gasteiger partial charge < -0.3 is 10.2 Å². The molecule has 7 nitrogen and oxygen atoms in total. The number of hydrogen-bond acceptors (Lipinski definition) is 4. The van der Waals surface area contributed by atoms with Gasteiger partial charge in [0.05, 0.1) is 10.9 Å². The van der Waals surface area contributed by atoms with Crippen molar-refractivity contribution in [1.29, 1.82) is 0 Å². The molecule has 0 radical (unpaired) electrons. The molecule has 2 aromatic rings. The van der Waals surface area contributed by atoms with E-state index in [4.69, 9.17) is 0 Å². The van der Waals surface area contributed by atoms with Gasteiger partial charge in [0.1, 0.15) is 5.82 Å². The van der Waals surface area contributed by atoms with E-state index in [0.717, 1.165) is 44.3 Å². The van der Waals surface area contributed by atoms with Gasteiger partial charge in [0, 0.05) is 31.7 Å². The smallest absolute Gasteiger partial charge is 0.313 e. The molecule has 0 fully saturated rings. The van der Waals surface area contributed by atoms with Crippen molar-refractivity contribution in [2.75, 3.05) is 18.4 Å². The minimum Gasteiger partial charge on any atom is -0.335 e. The number of nitrogens with one attached hydrogen (secondary N) is 1. The van der Waals surface area contributed by atoms with Crippen LogP contribution in [0.5, 0.6) is 0 Å². The number of unbranched alkanes of at least 4 members (excludes halogenated alkanes) is 1. The molecule has 2 heterocycles. The van der Waals surface area contributed by atoms with Gasteiger partial charge in [0.25, 0.3) is 5.56 Å². The van der Waals surface area contributed by atoms with E-state index in [9.17, 15) is 14.4 Å². The number of hydrogen-bond donors (Lipinski definition) is 1. The van der Waals surface area contributed by atoms with E-state index in [1.54, 1.807) is 22.8 Å². The summed E-state index contributed by atoms with van der Waals surface area (Å²) in [6.45, 7) is 5.63. The van der Waals surface area contributed by atoms with E-state index in [1.807, 2.05) is 13.8 Å². The third kappa shape index (κ3) is 4.24. The molecule has 1 aromatic carbocycles. The number of rotatable bonds is 5. The van der Waals surface area contributed by atoms with Crippen molar-refractivity contribution in [3.05, 3.63) is 34.4 Å². The summed E-state index contributed by atoms with van der Waals surface area (Å²) in [5.74, 6) is -0.399. The van der Waals surface area contributed by atoms with Crippen LogP contribution in [0, 0.1) is 0 Å². The summed E-state index contributed by atoms with van der Waals surface area (Å²) in [4.78, 5) is 43.8. The first-order valence-corrected chi connectivity index (χ1v) is 10.2. The van der Waals surface area contributed by atoms with Gasteiger partial charge in [-0.15, -0.1) is 0 Å². The maximum absolute atomic E-state index is 12.9. The standard InChI is InChI=1S/C21H28N4O3/c1-3-5-12-24(4-2)21(28)19(26)22-15-10-11-17-16(14-15)20(27)25-13-8-6-7-9-18(25)23-17/h10-11,14H,3-9,12-13H2,1-2H3,(H,22,26). The lowest BCUT2D eigenvalue weighted by Gasteiger charge is -2.19. The van der Waals surface area contributed by atoms with Gasteiger partial charge >= 0.3 is 11.8 Å². The Bertz CT molecular complexity index is 935. The van der Waals surface area contributed by atoms with Gasteiger partial charge in [-0.05, 0) is 44.4 Å². The van der Waals surface area contributed by atoms with E-state index in [-0.39, 0.29) is 5.56 Å². The molecule has 0 aliphatic carbocycles. The fourth-order valence-electron chi connectivity index (χ4n) is 3.58. The molecule has 1 N–H and O–H groups in total. The van der Waals surface area contributed by atoms with Gasteiger partial charge in [-0.1, -0.05) is 19.8 Å². The summed E-state index contributed by atoms with van der Waals surface area (Å²) in [6.07, 6.45) is 5.72. The number of benzene rings is 1. The second-order valence-corrected chi connectivity index (χ2v) is 7.22. The molecule has 2 amide bonds. The van der Waals surface area contributed by atoms with Crippen LogP contribution in [0.2, 0.25) is 0 Å². The molecule has 0 saturated heterocycles. The highest BCUT2D eigenvalue weighted by molar-refractivity contribution is 6.39. The molecule has 0 bridgehead atoms. The number of carbonyl (C=O) groups is 2. The second kappa shape index (κ2) is 8.99. The van der Waals surface area contributed by atoms with Gasteiger partial charge in [0.2, 0.25) is 0 Å². The Morgan fingerprint density at radius 1 is 1.21 bits per heavy atom. The van der Waals surface area contributed by atoms with Gasteiger partial charge in [-0.2, -0.15) is 0 Å². The minimum atomic E-state index is -0.680. The van der Waals surface area contributed by atoms with Crippen LogP contribution in [-0.4, -0.2) is 39.4 Å². The van der Waals surface area contributed by atoms with Gasteiger partial charge in [-0.25, -0.2) is 4.98 Å². The van der Waals surface area contributed by atoms with E-state index >= 15 is 0 Å². The van der Waals surface area contributed by atoms with E-state index < -0.39 is 11.8 Å². The molecule has 0 unspecified atom stereocenters. The topological polar surface area (TPSA) is 84.3 Å². The lowest BCUT2D eigenvalue weighted by Crippen LogP contribution is -2.40. The predicted octanol–water partition coefficient (Wildman–Crippen LogP) is 2.71. The van der Waals surface area contributed by atoms with Gasteiger partial charge in [-0.3, -0.25) is 19.0 Å². The van der Waals surface area contributed by atoms with Crippen molar-refractivity contribution in [2.45, 2.75) is 58.9 Å². The number of fused-ring (bicyclic) bond motifs is 2. The largest absolute Gasteiger partial charge is 0.335 e. The second-order valence-electron chi connectivity index (χ2n) is 7.22. The fourth-order valence-corrected chi connectivity index (χ4v) is 3.58. The van der Waals surface area contributed by atoms with Gasteiger partial charge in [0.15, 0.2) is 0 Å². The highest BCUT2D eigenvalue weighted by atomic mass is 16.2. The molecular formula is C21H28N4O3. The van der Waals surface area contributed by atoms with Crippen LogP contribution in [0.4, 0.5) is 5.69 Å². The molecule has 1 aliphatic heterocycles. The zero-order valence-corrected chi connectivity index (χ0v) is 16.7. The SMILES string of the molecule is CCCCN(CC)C(=O)C(=O)Nc1ccc2nc3n(c(=O)c2c1)CCCCC3. The average molecular weight is 384 g/mol. The van der Waals surface area contributed by atoms with Crippen molar-refractivity contribution in [1.82, 2.24) is 14.5 Å². The van der Waals surface area contributed by atoms with Crippen LogP contribution in [0.3, 0.4) is 0 Å². The van der Waals surface area contributed by atoms with Crippen molar-refractivity contribution >= 4 is 28.4 Å². The minimum absolute atomic E-state index is 0.0811. The quantitative estimate of drug-likeness (QED) is 0.804. The molecule has 1 aromatic heterocycles. The molecule has 28 heavy (non-hydrogen) atoms. The van der Waals surface area contributed by atoms with Crippen LogP contribution < -0.4 is 10.9 Å². The molecule has 0 spiro atoms. The first-order valence-electron chi connectivity index (χ1n) is 10.2. The highest BCUT2D eigenvalue weighted by Gasteiger charge is 2.21. The lowest BCUT2D eigenvalue weighted by molar-refractivity contribution is -0.143. The zero-order chi connectivity index (χ0) is 20.1. The first kappa shape index (κ1) is 20.0. The normalized spacial score (nSPS) is 13.6. The Hall–Kier alpha value is -2.70. The summed E-state index contributed by atoms with van der Waals surface area (Å²) < 4.78 is 1.75. The summed E-state index contributed by atoms with van der Waals surface area (Å²) in [6, 6.07) is 5.05. The molecule has 3 rings (SSSR count). The van der Waals surface area contributed by atoms with Crippen LogP contribution in [0.25, 0.3) is 10.9 Å². The number of nitrogens with zero attached hydrogens (tertiary/aromatic N) is 3. The zero-order valence-electron chi connectivity index (χ0n) is 16.7. The summed E-state index contributed by atoms with van der Waals surface area (Å²) in [5.41, 5.74) is 0.980. The fraction of sp³-hybridized carbons (Fsp3) is 0.524. The Morgan fingerprint density at radius 2 is 2.04 bits per heavy atom. The number of likely N-dealkylation sites (N-methyl/N-ethyl adjacent to an activating group) is 1. The molecule has 150 valence electrons. The maximum atomic E-state index is 12.9. The monoisotopic (exact) mass is 384 g/mol. The van der Waals surface area contributed by atoms with E-state index in [0.29, 0.717) is 36.2 Å². The summed E-state index contributed by atoms with van der Waals surface area (Å²) in [5, 5.41) is 3.11. The third-order valence-corrected chi connectivity index (χ3v) is 5.22. The van der Waals surface area contributed by atoms with E-state index in [2.05, 4.69) is 10.3 Å². The number of amides is 2. The van der Waals surface area contributed by atoms with Crippen molar-refractivity contribution in [2.24, 2.45) is 0 Å². The third-order valence-electron chi connectivity index (χ3n) is 5.22. The number of aryl methyl sites for hydroxylation is 1. The van der Waals surface area contributed by atoms with Crippen LogP contribution in [0.1, 0.15) is 51.8 Å². The van der Waals surface area contributed by atoms with Crippen molar-refractivity contribution in [3.8, 4) is 0 Å². The molecule has 0 saturated carbocycles. The predicted molar refractivity (Wildman–Crippen MR) is 109 cm³/mol. The number of aromatic nitrogens is 2. The Kier molecular flexibility index (Phi) is 6.44. The Labute approximate surface area is 164 Å². The van der Waals surface area contributed by atoms with E-state index in [1.165, 1.54) is 4.90 Å². The first-order chi connectivity index (χ1) is 13.5. The van der Waals surface area contributed by atoms with Crippen LogP contribution in [0.15, 0.2) is 23.0 Å². The average Bonchev–Trinajstić information content (AvgIpc) is 2.94. The maximum Gasteiger partial charge on any atom is 0.313 e. The molecular weight excluding hydrogens is 356 g/mol. The van der Waals surface area contributed by atoms with Crippen molar-refractivity contribution in [3.63, 3.8) is 0 Å². The van der Waals surface area contributed by atoms with Crippen molar-refractivity contribution < 1.29 is 9.59 Å². The number of carbonyl (C=O) groups excluding carboxylic acids is 2. The highest BCUT2D eigenvalue weighted by Crippen LogP contribution is 2.18. The van der Waals surface area contributed by atoms with Crippen LogP contribution in [-0.2, 0) is 22.6 Å². The van der Waals surface area contributed by atoms with Crippen LogP contribution >= 0.6 is 0 Å². The molecule has 7 heteroatoms. The molecule has 0 atom stereocenters. The Balaban J connectivity index is 1.84. The summed E-state index contributed by atoms with van der Waals surface area (Å²) >= 11 is 0. The molecule has 1 aliphatic rings. The number of anilines is 1.